The van der Waals surface area contributed by atoms with Crippen LogP contribution in [0.25, 0.3) is 10.9 Å². The third kappa shape index (κ3) is 4.29. The fraction of sp³-hybridized carbons (Fsp3) is 0.273. The molecule has 2 heterocycles. The van der Waals surface area contributed by atoms with Crippen molar-refractivity contribution in [3.05, 3.63) is 70.4 Å². The Hall–Kier alpha value is -2.02. The van der Waals surface area contributed by atoms with Crippen molar-refractivity contribution < 1.29 is 9.53 Å². The van der Waals surface area contributed by atoms with E-state index >= 15 is 0 Å². The number of nitrogens with zero attached hydrogens (tertiary/aromatic N) is 1. The van der Waals surface area contributed by atoms with Crippen molar-refractivity contribution in [2.45, 2.75) is 31.7 Å². The zero-order valence-corrected chi connectivity index (χ0v) is 18.4. The van der Waals surface area contributed by atoms with Crippen LogP contribution in [-0.2, 0) is 28.2 Å². The predicted molar refractivity (Wildman–Crippen MR) is 123 cm³/mol. The maximum Gasteiger partial charge on any atom is 0.329 e. The van der Waals surface area contributed by atoms with Crippen molar-refractivity contribution in [1.82, 2.24) is 9.88 Å². The fourth-order valence-corrected chi connectivity index (χ4v) is 4.99. The van der Waals surface area contributed by atoms with Crippen molar-refractivity contribution in [2.75, 3.05) is 6.61 Å². The summed E-state index contributed by atoms with van der Waals surface area (Å²) in [5, 5.41) is 1.88. The molecule has 2 aromatic carbocycles. The van der Waals surface area contributed by atoms with E-state index in [2.05, 4.69) is 17.1 Å². The van der Waals surface area contributed by atoms with Crippen LogP contribution in [0, 0.1) is 0 Å². The summed E-state index contributed by atoms with van der Waals surface area (Å²) in [5.74, 6) is 0.500. The molecule has 7 heteroatoms. The first-order valence-corrected chi connectivity index (χ1v) is 11.3. The Morgan fingerprint density at radius 2 is 2.03 bits per heavy atom. The van der Waals surface area contributed by atoms with E-state index in [-0.39, 0.29) is 5.97 Å². The van der Waals surface area contributed by atoms with E-state index in [1.54, 1.807) is 11.8 Å². The van der Waals surface area contributed by atoms with Crippen LogP contribution < -0.4 is 0 Å². The smallest absolute Gasteiger partial charge is 0.329 e. The molecule has 4 rings (SSSR count). The van der Waals surface area contributed by atoms with Crippen molar-refractivity contribution >= 4 is 56.8 Å². The Kier molecular flexibility index (Phi) is 6.13. The number of benzene rings is 2. The molecule has 0 spiro atoms. The summed E-state index contributed by atoms with van der Waals surface area (Å²) in [4.78, 5) is 18.2. The molecule has 1 N–H and O–H groups in total. The number of H-pyrrole nitrogens is 1. The predicted octanol–water partition coefficient (Wildman–Crippen LogP) is 5.33. The van der Waals surface area contributed by atoms with Crippen molar-refractivity contribution in [2.24, 2.45) is 0 Å². The van der Waals surface area contributed by atoms with Crippen LogP contribution in [0.3, 0.4) is 0 Å². The van der Waals surface area contributed by atoms with Crippen LogP contribution in [0.5, 0.6) is 0 Å². The molecule has 0 fully saturated rings. The van der Waals surface area contributed by atoms with Gasteiger partial charge < -0.3 is 14.6 Å². The van der Waals surface area contributed by atoms with Gasteiger partial charge in [-0.2, -0.15) is 0 Å². The molecule has 3 aromatic rings. The summed E-state index contributed by atoms with van der Waals surface area (Å²) >= 11 is 13.3. The highest BCUT2D eigenvalue weighted by Gasteiger charge is 2.36. The normalized spacial score (nSPS) is 15.9. The topological polar surface area (TPSA) is 45.3 Å². The van der Waals surface area contributed by atoms with E-state index in [1.165, 1.54) is 5.56 Å². The fourth-order valence-electron chi connectivity index (χ4n) is 3.66. The lowest BCUT2D eigenvalue weighted by atomic mass is 9.97. The minimum atomic E-state index is -0.410. The molecule has 29 heavy (non-hydrogen) atoms. The largest absolute Gasteiger partial charge is 0.464 e. The summed E-state index contributed by atoms with van der Waals surface area (Å²) in [6, 6.07) is 15.5. The van der Waals surface area contributed by atoms with Gasteiger partial charge in [-0.15, -0.1) is 0 Å². The van der Waals surface area contributed by atoms with Gasteiger partial charge in [0.1, 0.15) is 10.4 Å². The summed E-state index contributed by atoms with van der Waals surface area (Å²) < 4.78 is 6.06. The number of carbonyl (C=O) groups excluding carboxylic acids is 1. The van der Waals surface area contributed by atoms with E-state index < -0.39 is 6.04 Å². The van der Waals surface area contributed by atoms with E-state index in [0.717, 1.165) is 27.9 Å². The Morgan fingerprint density at radius 3 is 2.79 bits per heavy atom. The Balaban J connectivity index is 1.58. The van der Waals surface area contributed by atoms with Crippen LogP contribution >= 0.6 is 35.6 Å². The highest BCUT2D eigenvalue weighted by atomic mass is 35.5. The number of thiocarbonyl (C=S) groups is 1. The standard InChI is InChI=1S/C22H21ClN2O2S2/c1-2-27-21(26)20-11-17-16-5-3-4-6-18(16)24-19(17)12-25(20)22(28)29-13-14-7-9-15(23)10-8-14/h3-10,20,24H,2,11-13H2,1H3/t20-/m1/s1. The average molecular weight is 445 g/mol. The lowest BCUT2D eigenvalue weighted by Gasteiger charge is -2.35. The van der Waals surface area contributed by atoms with E-state index in [9.17, 15) is 4.79 Å². The molecule has 0 saturated carbocycles. The highest BCUT2D eigenvalue weighted by molar-refractivity contribution is 8.22. The molecule has 0 amide bonds. The molecule has 0 radical (unpaired) electrons. The molecule has 4 nitrogen and oxygen atoms in total. The first-order valence-electron chi connectivity index (χ1n) is 9.49. The zero-order chi connectivity index (χ0) is 20.4. The molecule has 0 aliphatic carbocycles. The van der Waals surface area contributed by atoms with Gasteiger partial charge in [-0.05, 0) is 36.2 Å². The molecule has 0 bridgehead atoms. The average Bonchev–Trinajstić information content (AvgIpc) is 3.10. The number of hydrogen-bond acceptors (Lipinski definition) is 4. The van der Waals surface area contributed by atoms with Crippen LogP contribution in [0.4, 0.5) is 0 Å². The number of nitrogens with one attached hydrogen (secondary N) is 1. The summed E-state index contributed by atoms with van der Waals surface area (Å²) in [6.45, 7) is 2.75. The molecular formula is C22H21ClN2O2S2. The van der Waals surface area contributed by atoms with Crippen LogP contribution in [-0.4, -0.2) is 32.8 Å². The molecule has 1 aliphatic rings. The second kappa shape index (κ2) is 8.78. The van der Waals surface area contributed by atoms with Gasteiger partial charge in [0.2, 0.25) is 0 Å². The molecule has 150 valence electrons. The number of esters is 1. The number of aromatic nitrogens is 1. The number of thioether (sulfide) groups is 1. The second-order valence-corrected chi connectivity index (χ2v) is 8.95. The minimum Gasteiger partial charge on any atom is -0.464 e. The van der Waals surface area contributed by atoms with E-state index in [4.69, 9.17) is 28.6 Å². The first kappa shape index (κ1) is 20.3. The van der Waals surface area contributed by atoms with Gasteiger partial charge in [-0.25, -0.2) is 4.79 Å². The van der Waals surface area contributed by atoms with Gasteiger partial charge >= 0.3 is 5.97 Å². The lowest BCUT2D eigenvalue weighted by Crippen LogP contribution is -2.48. The molecule has 1 atom stereocenters. The number of fused-ring (bicyclic) bond motifs is 3. The number of aromatic amines is 1. The second-order valence-electron chi connectivity index (χ2n) is 6.91. The third-order valence-corrected chi connectivity index (χ3v) is 6.87. The third-order valence-electron chi connectivity index (χ3n) is 5.07. The maximum atomic E-state index is 12.7. The minimum absolute atomic E-state index is 0.224. The Bertz CT molecular complexity index is 1050. The number of ether oxygens (including phenoxy) is 1. The van der Waals surface area contributed by atoms with Gasteiger partial charge in [0, 0.05) is 33.8 Å². The van der Waals surface area contributed by atoms with E-state index in [0.29, 0.717) is 28.9 Å². The van der Waals surface area contributed by atoms with Crippen LogP contribution in [0.15, 0.2) is 48.5 Å². The van der Waals surface area contributed by atoms with Crippen molar-refractivity contribution in [3.8, 4) is 0 Å². The number of halogens is 1. The van der Waals surface area contributed by atoms with Crippen molar-refractivity contribution in [1.29, 1.82) is 0 Å². The van der Waals surface area contributed by atoms with Gasteiger partial charge in [0.15, 0.2) is 0 Å². The quantitative estimate of drug-likeness (QED) is 0.435. The summed E-state index contributed by atoms with van der Waals surface area (Å²) in [7, 11) is 0. The molecule has 0 unspecified atom stereocenters. The Morgan fingerprint density at radius 1 is 1.28 bits per heavy atom. The number of rotatable bonds is 4. The number of para-hydroxylation sites is 1. The monoisotopic (exact) mass is 444 g/mol. The zero-order valence-electron chi connectivity index (χ0n) is 16.0. The summed E-state index contributed by atoms with van der Waals surface area (Å²) in [6.07, 6.45) is 0.583. The van der Waals surface area contributed by atoms with Crippen LogP contribution in [0.1, 0.15) is 23.7 Å². The lowest BCUT2D eigenvalue weighted by molar-refractivity contribution is -0.148. The van der Waals surface area contributed by atoms with Crippen LogP contribution in [0.2, 0.25) is 5.02 Å². The number of carbonyl (C=O) groups is 1. The first-order chi connectivity index (χ1) is 14.1. The van der Waals surface area contributed by atoms with Gasteiger partial charge in [0.05, 0.1) is 13.2 Å². The summed E-state index contributed by atoms with van der Waals surface area (Å²) in [5.41, 5.74) is 4.51. The van der Waals surface area contributed by atoms with Crippen molar-refractivity contribution in [3.63, 3.8) is 0 Å². The SMILES string of the molecule is CCOC(=O)[C@H]1Cc2c([nH]c3ccccc23)CN1C(=S)SCc1ccc(Cl)cc1. The van der Waals surface area contributed by atoms with Gasteiger partial charge in [0.25, 0.3) is 0 Å². The Labute approximate surface area is 184 Å². The molecule has 1 aromatic heterocycles. The molecule has 0 saturated heterocycles. The highest BCUT2D eigenvalue weighted by Crippen LogP contribution is 2.33. The molecule has 1 aliphatic heterocycles. The number of hydrogen-bond donors (Lipinski definition) is 1. The molecular weight excluding hydrogens is 424 g/mol. The van der Waals surface area contributed by atoms with Gasteiger partial charge in [-0.3, -0.25) is 0 Å². The van der Waals surface area contributed by atoms with Gasteiger partial charge in [-0.1, -0.05) is 65.9 Å². The maximum absolute atomic E-state index is 12.7. The van der Waals surface area contributed by atoms with E-state index in [1.807, 2.05) is 48.2 Å².